The number of rotatable bonds is 6. The van der Waals surface area contributed by atoms with Gasteiger partial charge in [-0.15, -0.1) is 0 Å². The molecule has 30 heavy (non-hydrogen) atoms. The van der Waals surface area contributed by atoms with Gasteiger partial charge in [0.05, 0.1) is 0 Å². The quantitative estimate of drug-likeness (QED) is 0.316. The molecule has 4 heteroatoms. The van der Waals surface area contributed by atoms with Crippen LogP contribution in [0.5, 0.6) is 0 Å². The molecule has 0 aliphatic carbocycles. The Labute approximate surface area is 176 Å². The molecule has 3 aromatic rings. The lowest BCUT2D eigenvalue weighted by atomic mass is 10.1. The summed E-state index contributed by atoms with van der Waals surface area (Å²) in [7, 11) is 0. The van der Waals surface area contributed by atoms with E-state index in [0.29, 0.717) is 11.4 Å². The van der Waals surface area contributed by atoms with Gasteiger partial charge in [0, 0.05) is 24.3 Å². The van der Waals surface area contributed by atoms with E-state index in [0.717, 1.165) is 22.3 Å². The SMILES string of the molecule is N#[N+]c1ccc(/C=C/C=C/c2ccc(/C=C/C=C/c3ccc([N+]#N)cc3)cc2)cc1. The third kappa shape index (κ3) is 6.27. The van der Waals surface area contributed by atoms with Crippen LogP contribution in [-0.4, -0.2) is 0 Å². The summed E-state index contributed by atoms with van der Waals surface area (Å²) in [4.78, 5) is 6.28. The molecule has 142 valence electrons. The second kappa shape index (κ2) is 10.7. The fourth-order valence-electron chi connectivity index (χ4n) is 2.69. The summed E-state index contributed by atoms with van der Waals surface area (Å²) in [6.07, 6.45) is 16.0. The summed E-state index contributed by atoms with van der Waals surface area (Å²) in [6, 6.07) is 22.9. The van der Waals surface area contributed by atoms with E-state index in [1.54, 1.807) is 24.3 Å². The average molecular weight is 388 g/mol. The first-order valence-corrected chi connectivity index (χ1v) is 9.47. The second-order valence-corrected chi connectivity index (χ2v) is 6.49. The van der Waals surface area contributed by atoms with Crippen LogP contribution < -0.4 is 0 Å². The molecule has 0 N–H and O–H groups in total. The first-order valence-electron chi connectivity index (χ1n) is 9.47. The van der Waals surface area contributed by atoms with E-state index in [1.165, 1.54) is 0 Å². The minimum atomic E-state index is 0.542. The molecule has 3 aromatic carbocycles. The zero-order chi connectivity index (χ0) is 21.0. The Morgan fingerprint density at radius 2 is 0.633 bits per heavy atom. The van der Waals surface area contributed by atoms with Crippen molar-refractivity contribution in [3.63, 3.8) is 0 Å². The Balaban J connectivity index is 1.52. The van der Waals surface area contributed by atoms with Crippen molar-refractivity contribution in [1.82, 2.24) is 0 Å². The predicted molar refractivity (Wildman–Crippen MR) is 125 cm³/mol. The summed E-state index contributed by atoms with van der Waals surface area (Å²) < 4.78 is 0. The Hall–Kier alpha value is -4.54. The third-order valence-electron chi connectivity index (χ3n) is 4.33. The molecule has 3 rings (SSSR count). The first-order chi connectivity index (χ1) is 14.8. The van der Waals surface area contributed by atoms with E-state index in [2.05, 4.69) is 34.2 Å². The van der Waals surface area contributed by atoms with Gasteiger partial charge < -0.3 is 0 Å². The molecule has 0 fully saturated rings. The molecule has 0 spiro atoms. The van der Waals surface area contributed by atoms with Crippen molar-refractivity contribution in [1.29, 1.82) is 10.8 Å². The molecule has 0 aliphatic heterocycles. The van der Waals surface area contributed by atoms with E-state index in [1.807, 2.05) is 72.9 Å². The van der Waals surface area contributed by atoms with Crippen molar-refractivity contribution in [3.05, 3.63) is 129 Å². The Bertz CT molecular complexity index is 1070. The molecule has 0 aromatic heterocycles. The first kappa shape index (κ1) is 20.2. The minimum Gasteiger partial charge on any atom is -0.0617 e. The number of hydrogen-bond donors (Lipinski definition) is 0. The van der Waals surface area contributed by atoms with E-state index >= 15 is 0 Å². The average Bonchev–Trinajstić information content (AvgIpc) is 2.81. The van der Waals surface area contributed by atoms with Crippen LogP contribution in [0.15, 0.2) is 97.1 Å². The van der Waals surface area contributed by atoms with Crippen molar-refractivity contribution in [3.8, 4) is 0 Å². The summed E-state index contributed by atoms with van der Waals surface area (Å²) in [5.74, 6) is 0. The number of hydrogen-bond acceptors (Lipinski definition) is 2. The topological polar surface area (TPSA) is 56.3 Å². The van der Waals surface area contributed by atoms with Gasteiger partial charge in [-0.2, -0.15) is 0 Å². The van der Waals surface area contributed by atoms with Gasteiger partial charge in [-0.3, -0.25) is 0 Å². The van der Waals surface area contributed by atoms with Gasteiger partial charge in [0.1, 0.15) is 0 Å². The zero-order valence-electron chi connectivity index (χ0n) is 16.3. The van der Waals surface area contributed by atoms with E-state index in [4.69, 9.17) is 10.8 Å². The molecule has 0 saturated carbocycles. The molecular formula is C26H20N4+2. The molecule has 0 bridgehead atoms. The highest BCUT2D eigenvalue weighted by Crippen LogP contribution is 2.15. The molecule has 0 unspecified atom stereocenters. The fraction of sp³-hybridized carbons (Fsp3) is 0. The highest BCUT2D eigenvalue weighted by Gasteiger charge is 2.00. The van der Waals surface area contributed by atoms with Gasteiger partial charge in [0.15, 0.2) is 9.95 Å². The highest BCUT2D eigenvalue weighted by molar-refractivity contribution is 5.62. The number of nitrogens with zero attached hydrogens (tertiary/aromatic N) is 4. The molecule has 0 atom stereocenters. The molecule has 0 radical (unpaired) electrons. The lowest BCUT2D eigenvalue weighted by Crippen LogP contribution is -1.74. The van der Waals surface area contributed by atoms with Crippen LogP contribution in [0.4, 0.5) is 11.4 Å². The van der Waals surface area contributed by atoms with Crippen LogP contribution in [0.3, 0.4) is 0 Å². The maximum atomic E-state index is 8.69. The molecule has 0 saturated heterocycles. The Kier molecular flexibility index (Phi) is 7.21. The molecule has 0 aliphatic rings. The van der Waals surface area contributed by atoms with Crippen molar-refractivity contribution in [2.45, 2.75) is 0 Å². The predicted octanol–water partition coefficient (Wildman–Crippen LogP) is 8.11. The number of allylic oxidation sites excluding steroid dienone is 4. The van der Waals surface area contributed by atoms with Gasteiger partial charge in [0.2, 0.25) is 10.8 Å². The van der Waals surface area contributed by atoms with Crippen molar-refractivity contribution in [2.24, 2.45) is 0 Å². The van der Waals surface area contributed by atoms with Gasteiger partial charge in [-0.25, -0.2) is 0 Å². The number of benzene rings is 3. The monoisotopic (exact) mass is 388 g/mol. The van der Waals surface area contributed by atoms with E-state index in [9.17, 15) is 0 Å². The second-order valence-electron chi connectivity index (χ2n) is 6.49. The standard InChI is InChI=1S/C26H20N4/c27-29-25-17-13-23(14-18-25)7-3-1-5-21-9-11-22(12-10-21)6-2-4-8-24-15-19-26(30-28)20-16-24/h1-20H/q+2/b5-1+,6-2+,7-3+,8-4+. The molecule has 0 amide bonds. The van der Waals surface area contributed by atoms with Crippen LogP contribution in [0.25, 0.3) is 34.3 Å². The lowest BCUT2D eigenvalue weighted by molar-refractivity contribution is 1.46. The smallest absolute Gasteiger partial charge is 0.0617 e. The van der Waals surface area contributed by atoms with Crippen LogP contribution in [0.1, 0.15) is 22.3 Å². The summed E-state index contributed by atoms with van der Waals surface area (Å²) in [5.41, 5.74) is 5.41. The van der Waals surface area contributed by atoms with Crippen molar-refractivity contribution < 1.29 is 0 Å². The summed E-state index contributed by atoms with van der Waals surface area (Å²) >= 11 is 0. The van der Waals surface area contributed by atoms with Gasteiger partial charge in [0.25, 0.3) is 0 Å². The van der Waals surface area contributed by atoms with Crippen LogP contribution in [0, 0.1) is 10.8 Å². The van der Waals surface area contributed by atoms with Crippen molar-refractivity contribution in [2.75, 3.05) is 0 Å². The lowest BCUT2D eigenvalue weighted by Gasteiger charge is -1.95. The largest absolute Gasteiger partial charge is 0.385 e. The molecule has 4 nitrogen and oxygen atoms in total. The van der Waals surface area contributed by atoms with Gasteiger partial charge >= 0.3 is 11.4 Å². The summed E-state index contributed by atoms with van der Waals surface area (Å²) in [5, 5.41) is 17.4. The van der Waals surface area contributed by atoms with Crippen molar-refractivity contribution >= 4 is 35.7 Å². The van der Waals surface area contributed by atoms with E-state index in [-0.39, 0.29) is 0 Å². The normalized spacial score (nSPS) is 11.4. The highest BCUT2D eigenvalue weighted by atomic mass is 14.8. The molecule has 0 heterocycles. The van der Waals surface area contributed by atoms with Crippen LogP contribution in [0.2, 0.25) is 0 Å². The fourth-order valence-corrected chi connectivity index (χ4v) is 2.69. The maximum absolute atomic E-state index is 8.69. The summed E-state index contributed by atoms with van der Waals surface area (Å²) in [6.45, 7) is 0. The van der Waals surface area contributed by atoms with E-state index < -0.39 is 0 Å². The Morgan fingerprint density at radius 1 is 0.400 bits per heavy atom. The zero-order valence-corrected chi connectivity index (χ0v) is 16.3. The molecular weight excluding hydrogens is 368 g/mol. The van der Waals surface area contributed by atoms with Gasteiger partial charge in [-0.1, -0.05) is 72.9 Å². The van der Waals surface area contributed by atoms with Crippen LogP contribution in [-0.2, 0) is 0 Å². The number of diazo groups is 2. The maximum Gasteiger partial charge on any atom is 0.385 e. The minimum absolute atomic E-state index is 0.542. The van der Waals surface area contributed by atoms with Gasteiger partial charge in [-0.05, 0) is 46.5 Å². The Morgan fingerprint density at radius 3 is 0.867 bits per heavy atom. The van der Waals surface area contributed by atoms with Crippen LogP contribution >= 0.6 is 0 Å². The third-order valence-corrected chi connectivity index (χ3v) is 4.33.